The third-order valence-electron chi connectivity index (χ3n) is 4.26. The molecule has 2 heterocycles. The average Bonchev–Trinajstić information content (AvgIpc) is 3.29. The molecule has 1 fully saturated rings. The van der Waals surface area contributed by atoms with E-state index in [1.165, 1.54) is 17.0 Å². The average molecular weight is 366 g/mol. The standard InChI is InChI=1S/C18H20F2N2O2S/c19-18(20)24-15-7-2-1-6-13(15)17(23)21-12-14(16-8-5-11-25-16)22-9-3-4-10-22/h1-2,5-8,11,14,18H,3-4,9-10,12H2,(H,21,23). The van der Waals surface area contributed by atoms with Crippen molar-refractivity contribution in [2.45, 2.75) is 25.5 Å². The summed E-state index contributed by atoms with van der Waals surface area (Å²) in [7, 11) is 0. The minimum absolute atomic E-state index is 0.106. The van der Waals surface area contributed by atoms with Crippen LogP contribution in [0.5, 0.6) is 5.75 Å². The Labute approximate surface area is 149 Å². The van der Waals surface area contributed by atoms with Gasteiger partial charge in [-0.3, -0.25) is 9.69 Å². The molecule has 1 amide bonds. The number of halogens is 2. The number of amides is 1. The zero-order valence-corrected chi connectivity index (χ0v) is 14.5. The normalized spacial score (nSPS) is 16.1. The Morgan fingerprint density at radius 1 is 1.20 bits per heavy atom. The molecule has 2 aromatic rings. The summed E-state index contributed by atoms with van der Waals surface area (Å²) in [5, 5.41) is 4.90. The van der Waals surface area contributed by atoms with E-state index < -0.39 is 12.5 Å². The van der Waals surface area contributed by atoms with E-state index in [0.29, 0.717) is 6.54 Å². The molecular weight excluding hydrogens is 346 g/mol. The molecule has 0 saturated carbocycles. The quantitative estimate of drug-likeness (QED) is 0.808. The lowest BCUT2D eigenvalue weighted by Gasteiger charge is -2.27. The van der Waals surface area contributed by atoms with Crippen LogP contribution < -0.4 is 10.1 Å². The van der Waals surface area contributed by atoms with Crippen molar-refractivity contribution in [3.05, 3.63) is 52.2 Å². The molecule has 3 rings (SSSR count). The molecule has 1 aromatic heterocycles. The van der Waals surface area contributed by atoms with E-state index in [-0.39, 0.29) is 17.4 Å². The SMILES string of the molecule is O=C(NCC(c1cccs1)N1CCCC1)c1ccccc1OC(F)F. The highest BCUT2D eigenvalue weighted by Crippen LogP contribution is 2.28. The van der Waals surface area contributed by atoms with Crippen molar-refractivity contribution in [1.29, 1.82) is 0 Å². The molecule has 0 bridgehead atoms. The van der Waals surface area contributed by atoms with Crippen LogP contribution in [0.15, 0.2) is 41.8 Å². The zero-order chi connectivity index (χ0) is 17.6. The summed E-state index contributed by atoms with van der Waals surface area (Å²) in [4.78, 5) is 16.0. The van der Waals surface area contributed by atoms with Crippen LogP contribution in [0.4, 0.5) is 8.78 Å². The summed E-state index contributed by atoms with van der Waals surface area (Å²) in [5.74, 6) is -0.513. The van der Waals surface area contributed by atoms with Crippen molar-refractivity contribution in [1.82, 2.24) is 10.2 Å². The molecule has 1 unspecified atom stereocenters. The number of rotatable bonds is 7. The molecule has 0 aliphatic carbocycles. The number of para-hydroxylation sites is 1. The van der Waals surface area contributed by atoms with Crippen molar-refractivity contribution in [2.24, 2.45) is 0 Å². The Hall–Kier alpha value is -1.99. The van der Waals surface area contributed by atoms with Crippen molar-refractivity contribution in [3.8, 4) is 5.75 Å². The van der Waals surface area contributed by atoms with E-state index in [9.17, 15) is 13.6 Å². The number of carbonyl (C=O) groups excluding carboxylic acids is 1. The molecule has 1 atom stereocenters. The highest BCUT2D eigenvalue weighted by Gasteiger charge is 2.25. The van der Waals surface area contributed by atoms with Crippen LogP contribution in [0.2, 0.25) is 0 Å². The fourth-order valence-corrected chi connectivity index (χ4v) is 3.94. The third-order valence-corrected chi connectivity index (χ3v) is 5.23. The number of hydrogen-bond acceptors (Lipinski definition) is 4. The predicted octanol–water partition coefficient (Wildman–Crippen LogP) is 3.92. The lowest BCUT2D eigenvalue weighted by Crippen LogP contribution is -2.36. The Balaban J connectivity index is 1.70. The van der Waals surface area contributed by atoms with Crippen molar-refractivity contribution in [3.63, 3.8) is 0 Å². The van der Waals surface area contributed by atoms with Gasteiger partial charge in [-0.05, 0) is 49.5 Å². The van der Waals surface area contributed by atoms with Crippen LogP contribution >= 0.6 is 11.3 Å². The van der Waals surface area contributed by atoms with E-state index >= 15 is 0 Å². The molecule has 7 heteroatoms. The maximum absolute atomic E-state index is 12.5. The summed E-state index contributed by atoms with van der Waals surface area (Å²) in [6.45, 7) is -0.521. The van der Waals surface area contributed by atoms with Crippen molar-refractivity contribution in [2.75, 3.05) is 19.6 Å². The predicted molar refractivity (Wildman–Crippen MR) is 93.3 cm³/mol. The Morgan fingerprint density at radius 3 is 2.64 bits per heavy atom. The number of likely N-dealkylation sites (tertiary alicyclic amines) is 1. The van der Waals surface area contributed by atoms with Crippen LogP contribution in [0.1, 0.15) is 34.1 Å². The number of nitrogens with zero attached hydrogens (tertiary/aromatic N) is 1. The highest BCUT2D eigenvalue weighted by atomic mass is 32.1. The number of alkyl halides is 2. The molecular formula is C18H20F2N2O2S. The van der Waals surface area contributed by atoms with Gasteiger partial charge in [0.2, 0.25) is 0 Å². The van der Waals surface area contributed by atoms with Gasteiger partial charge in [-0.2, -0.15) is 8.78 Å². The molecule has 1 N–H and O–H groups in total. The Morgan fingerprint density at radius 2 is 1.96 bits per heavy atom. The van der Waals surface area contributed by atoms with Gasteiger partial charge >= 0.3 is 6.61 Å². The molecule has 0 spiro atoms. The summed E-state index contributed by atoms with van der Waals surface area (Å²) < 4.78 is 29.5. The van der Waals surface area contributed by atoms with Gasteiger partial charge in [0.05, 0.1) is 11.6 Å². The second-order valence-corrected chi connectivity index (χ2v) is 6.84. The van der Waals surface area contributed by atoms with E-state index in [4.69, 9.17) is 0 Å². The largest absolute Gasteiger partial charge is 0.434 e. The first-order chi connectivity index (χ1) is 12.1. The van der Waals surface area contributed by atoms with Gasteiger partial charge in [0, 0.05) is 11.4 Å². The molecule has 1 aromatic carbocycles. The fourth-order valence-electron chi connectivity index (χ4n) is 3.08. The Kier molecular flexibility index (Phi) is 5.99. The summed E-state index contributed by atoms with van der Waals surface area (Å²) in [5.41, 5.74) is 0.120. The highest BCUT2D eigenvalue weighted by molar-refractivity contribution is 7.10. The molecule has 0 radical (unpaired) electrons. The minimum atomic E-state index is -2.96. The number of carbonyl (C=O) groups is 1. The first kappa shape index (κ1) is 17.8. The van der Waals surface area contributed by atoms with Gasteiger partial charge in [0.1, 0.15) is 5.75 Å². The molecule has 1 aliphatic rings. The van der Waals surface area contributed by atoms with Crippen LogP contribution in [-0.2, 0) is 0 Å². The van der Waals surface area contributed by atoms with Gasteiger partial charge < -0.3 is 10.1 Å². The minimum Gasteiger partial charge on any atom is -0.434 e. The van der Waals surface area contributed by atoms with Gasteiger partial charge in [0.15, 0.2) is 0 Å². The topological polar surface area (TPSA) is 41.6 Å². The molecule has 4 nitrogen and oxygen atoms in total. The van der Waals surface area contributed by atoms with E-state index in [0.717, 1.165) is 25.9 Å². The number of hydrogen-bond donors (Lipinski definition) is 1. The Bertz CT molecular complexity index is 688. The van der Waals surface area contributed by atoms with Crippen molar-refractivity contribution < 1.29 is 18.3 Å². The zero-order valence-electron chi connectivity index (χ0n) is 13.7. The van der Waals surface area contributed by atoms with Gasteiger partial charge in [-0.1, -0.05) is 18.2 Å². The lowest BCUT2D eigenvalue weighted by atomic mass is 10.1. The fraction of sp³-hybridized carbons (Fsp3) is 0.389. The van der Waals surface area contributed by atoms with E-state index in [1.807, 2.05) is 11.4 Å². The first-order valence-corrected chi connectivity index (χ1v) is 9.12. The number of ether oxygens (including phenoxy) is 1. The molecule has 134 valence electrons. The number of thiophene rings is 1. The monoisotopic (exact) mass is 366 g/mol. The molecule has 25 heavy (non-hydrogen) atoms. The third kappa shape index (κ3) is 4.55. The molecule has 1 saturated heterocycles. The second-order valence-electron chi connectivity index (χ2n) is 5.86. The first-order valence-electron chi connectivity index (χ1n) is 8.24. The van der Waals surface area contributed by atoms with E-state index in [2.05, 4.69) is 21.0 Å². The lowest BCUT2D eigenvalue weighted by molar-refractivity contribution is -0.0501. The van der Waals surface area contributed by atoms with Crippen LogP contribution in [0, 0.1) is 0 Å². The van der Waals surface area contributed by atoms with E-state index in [1.54, 1.807) is 23.5 Å². The maximum atomic E-state index is 12.5. The summed E-state index contributed by atoms with van der Waals surface area (Å²) in [6.07, 6.45) is 2.31. The molecule has 1 aliphatic heterocycles. The van der Waals surface area contributed by atoms with Gasteiger partial charge in [-0.15, -0.1) is 11.3 Å². The smallest absolute Gasteiger partial charge is 0.387 e. The van der Waals surface area contributed by atoms with Crippen LogP contribution in [-0.4, -0.2) is 37.1 Å². The van der Waals surface area contributed by atoms with Crippen LogP contribution in [0.3, 0.4) is 0 Å². The number of nitrogens with one attached hydrogen (secondary N) is 1. The van der Waals surface area contributed by atoms with Crippen LogP contribution in [0.25, 0.3) is 0 Å². The van der Waals surface area contributed by atoms with Gasteiger partial charge in [-0.25, -0.2) is 0 Å². The van der Waals surface area contributed by atoms with Crippen molar-refractivity contribution >= 4 is 17.2 Å². The second kappa shape index (κ2) is 8.40. The summed E-state index contributed by atoms with van der Waals surface area (Å²) >= 11 is 1.66. The summed E-state index contributed by atoms with van der Waals surface area (Å²) in [6, 6.07) is 10.2. The van der Waals surface area contributed by atoms with Gasteiger partial charge in [0.25, 0.3) is 5.91 Å². The maximum Gasteiger partial charge on any atom is 0.387 e. The number of benzene rings is 1.